The van der Waals surface area contributed by atoms with E-state index in [9.17, 15) is 0 Å². The summed E-state index contributed by atoms with van der Waals surface area (Å²) in [6.45, 7) is 3.61. The molecule has 0 bridgehead atoms. The molecule has 0 saturated carbocycles. The van der Waals surface area contributed by atoms with Crippen molar-refractivity contribution in [2.45, 2.75) is 30.3 Å². The van der Waals surface area contributed by atoms with Gasteiger partial charge in [-0.05, 0) is 43.2 Å². The van der Waals surface area contributed by atoms with Crippen molar-refractivity contribution >= 4 is 23.4 Å². The second-order valence-corrected chi connectivity index (χ2v) is 7.54. The van der Waals surface area contributed by atoms with Gasteiger partial charge in [-0.25, -0.2) is 0 Å². The van der Waals surface area contributed by atoms with E-state index in [0.29, 0.717) is 11.6 Å². The summed E-state index contributed by atoms with van der Waals surface area (Å²) >= 11 is 8.06. The van der Waals surface area contributed by atoms with Crippen LogP contribution in [0, 0.1) is 0 Å². The molecule has 0 N–H and O–H groups in total. The average molecular weight is 389 g/mol. The molecule has 0 radical (unpaired) electrons. The van der Waals surface area contributed by atoms with E-state index in [2.05, 4.69) is 26.7 Å². The average Bonchev–Trinajstić information content (AvgIpc) is 3.05. The fraction of sp³-hybridized carbons (Fsp3) is 0.316. The first-order valence-corrected chi connectivity index (χ1v) is 9.70. The third-order valence-corrected chi connectivity index (χ3v) is 5.49. The molecule has 2 heterocycles. The number of thioether (sulfide) groups is 1. The molecule has 0 aliphatic heterocycles. The van der Waals surface area contributed by atoms with Gasteiger partial charge in [0.15, 0.2) is 11.0 Å². The summed E-state index contributed by atoms with van der Waals surface area (Å²) in [6.07, 6.45) is 4.50. The Labute approximate surface area is 162 Å². The van der Waals surface area contributed by atoms with Crippen LogP contribution in [0.15, 0.2) is 53.9 Å². The number of nitrogens with zero attached hydrogens (tertiary/aromatic N) is 4. The van der Waals surface area contributed by atoms with Gasteiger partial charge in [-0.3, -0.25) is 4.98 Å². The smallest absolute Gasteiger partial charge is 0.192 e. The zero-order valence-corrected chi connectivity index (χ0v) is 16.4. The van der Waals surface area contributed by atoms with Gasteiger partial charge >= 0.3 is 0 Å². The molecule has 2 aromatic heterocycles. The van der Waals surface area contributed by atoms with Crippen LogP contribution >= 0.6 is 23.4 Å². The van der Waals surface area contributed by atoms with E-state index in [1.807, 2.05) is 48.8 Å². The first-order chi connectivity index (χ1) is 12.7. The normalized spacial score (nSPS) is 12.3. The molecule has 0 aliphatic carbocycles. The second-order valence-electron chi connectivity index (χ2n) is 5.82. The maximum atomic E-state index is 6.38. The van der Waals surface area contributed by atoms with Crippen molar-refractivity contribution in [3.8, 4) is 11.4 Å². The molecule has 7 heteroatoms. The van der Waals surface area contributed by atoms with Crippen molar-refractivity contribution in [1.82, 2.24) is 19.7 Å². The van der Waals surface area contributed by atoms with Gasteiger partial charge in [0.05, 0.1) is 5.02 Å². The zero-order valence-electron chi connectivity index (χ0n) is 14.8. The number of rotatable bonds is 8. The molecular formula is C19H21ClN4OS. The number of benzene rings is 1. The molecule has 3 rings (SSSR count). The van der Waals surface area contributed by atoms with Crippen molar-refractivity contribution in [2.75, 3.05) is 13.7 Å². The lowest BCUT2D eigenvalue weighted by molar-refractivity contribution is 0.189. The molecule has 26 heavy (non-hydrogen) atoms. The van der Waals surface area contributed by atoms with Crippen molar-refractivity contribution in [3.63, 3.8) is 0 Å². The summed E-state index contributed by atoms with van der Waals surface area (Å²) in [6, 6.07) is 11.8. The quantitative estimate of drug-likeness (QED) is 0.406. The van der Waals surface area contributed by atoms with E-state index in [1.165, 1.54) is 5.56 Å². The number of aromatic nitrogens is 4. The molecule has 0 saturated heterocycles. The first kappa shape index (κ1) is 18.9. The van der Waals surface area contributed by atoms with Crippen LogP contribution in [-0.2, 0) is 11.3 Å². The summed E-state index contributed by atoms with van der Waals surface area (Å²) < 4.78 is 7.33. The third-order valence-electron chi connectivity index (χ3n) is 4.02. The highest BCUT2D eigenvalue weighted by molar-refractivity contribution is 7.99. The van der Waals surface area contributed by atoms with Gasteiger partial charge < -0.3 is 9.30 Å². The largest absolute Gasteiger partial charge is 0.385 e. The summed E-state index contributed by atoms with van der Waals surface area (Å²) in [4.78, 5) is 4.08. The zero-order chi connectivity index (χ0) is 18.4. The summed E-state index contributed by atoms with van der Waals surface area (Å²) in [7, 11) is 1.71. The fourth-order valence-electron chi connectivity index (χ4n) is 2.65. The monoisotopic (exact) mass is 388 g/mol. The van der Waals surface area contributed by atoms with Crippen LogP contribution in [0.4, 0.5) is 0 Å². The summed E-state index contributed by atoms with van der Waals surface area (Å²) in [5.74, 6) is 0.788. The van der Waals surface area contributed by atoms with Gasteiger partial charge in [0.1, 0.15) is 0 Å². The lowest BCUT2D eigenvalue weighted by Crippen LogP contribution is -2.06. The lowest BCUT2D eigenvalue weighted by atomic mass is 10.2. The standard InChI is InChI=1S/C19H21ClN4OS/c1-14(15-8-10-21-11-9-15)26-19-23-22-18(24(19)12-5-13-25-2)16-6-3-4-7-17(16)20/h3-4,6-11,14H,5,12-13H2,1-2H3. The van der Waals surface area contributed by atoms with Crippen LogP contribution in [0.3, 0.4) is 0 Å². The highest BCUT2D eigenvalue weighted by Crippen LogP contribution is 2.36. The van der Waals surface area contributed by atoms with Gasteiger partial charge in [0.2, 0.25) is 0 Å². The predicted octanol–water partition coefficient (Wildman–Crippen LogP) is 4.88. The van der Waals surface area contributed by atoms with Crippen LogP contribution in [0.2, 0.25) is 5.02 Å². The summed E-state index contributed by atoms with van der Waals surface area (Å²) in [5, 5.41) is 10.7. The van der Waals surface area contributed by atoms with E-state index in [-0.39, 0.29) is 5.25 Å². The molecule has 0 amide bonds. The molecule has 1 unspecified atom stereocenters. The minimum Gasteiger partial charge on any atom is -0.385 e. The molecule has 3 aromatic rings. The van der Waals surface area contributed by atoms with Gasteiger partial charge in [-0.1, -0.05) is 35.5 Å². The van der Waals surface area contributed by atoms with E-state index < -0.39 is 0 Å². The number of ether oxygens (including phenoxy) is 1. The van der Waals surface area contributed by atoms with Crippen LogP contribution < -0.4 is 0 Å². The molecule has 5 nitrogen and oxygen atoms in total. The van der Waals surface area contributed by atoms with Crippen LogP contribution in [0.1, 0.15) is 24.2 Å². The van der Waals surface area contributed by atoms with Gasteiger partial charge in [-0.15, -0.1) is 10.2 Å². The number of pyridine rings is 1. The second kappa shape index (κ2) is 9.16. The third kappa shape index (κ3) is 4.44. The Hall–Kier alpha value is -1.89. The van der Waals surface area contributed by atoms with Crippen LogP contribution in [-0.4, -0.2) is 33.5 Å². The lowest BCUT2D eigenvalue weighted by Gasteiger charge is -2.14. The molecule has 0 fully saturated rings. The fourth-order valence-corrected chi connectivity index (χ4v) is 3.87. The topological polar surface area (TPSA) is 52.8 Å². The van der Waals surface area contributed by atoms with E-state index in [0.717, 1.165) is 29.5 Å². The van der Waals surface area contributed by atoms with Crippen molar-refractivity contribution < 1.29 is 4.74 Å². The van der Waals surface area contributed by atoms with Gasteiger partial charge in [0, 0.05) is 43.5 Å². The Morgan fingerprint density at radius 3 is 2.65 bits per heavy atom. The Kier molecular flexibility index (Phi) is 6.66. The Morgan fingerprint density at radius 2 is 1.92 bits per heavy atom. The highest BCUT2D eigenvalue weighted by Gasteiger charge is 2.19. The number of halogens is 1. The van der Waals surface area contributed by atoms with Crippen LogP contribution in [0.25, 0.3) is 11.4 Å². The molecule has 1 aromatic carbocycles. The van der Waals surface area contributed by atoms with Crippen LogP contribution in [0.5, 0.6) is 0 Å². The molecular weight excluding hydrogens is 368 g/mol. The number of hydrogen-bond acceptors (Lipinski definition) is 5. The highest BCUT2D eigenvalue weighted by atomic mass is 35.5. The number of hydrogen-bond donors (Lipinski definition) is 0. The van der Waals surface area contributed by atoms with Crippen molar-refractivity contribution in [3.05, 3.63) is 59.4 Å². The van der Waals surface area contributed by atoms with E-state index >= 15 is 0 Å². The SMILES string of the molecule is COCCCn1c(SC(C)c2ccncc2)nnc1-c1ccccc1Cl. The summed E-state index contributed by atoms with van der Waals surface area (Å²) in [5.41, 5.74) is 2.10. The minimum absolute atomic E-state index is 0.238. The Morgan fingerprint density at radius 1 is 1.15 bits per heavy atom. The van der Waals surface area contributed by atoms with Gasteiger partial charge in [0.25, 0.3) is 0 Å². The van der Waals surface area contributed by atoms with E-state index in [4.69, 9.17) is 16.3 Å². The Balaban J connectivity index is 1.91. The van der Waals surface area contributed by atoms with E-state index in [1.54, 1.807) is 18.9 Å². The minimum atomic E-state index is 0.238. The molecule has 136 valence electrons. The number of methoxy groups -OCH3 is 1. The predicted molar refractivity (Wildman–Crippen MR) is 105 cm³/mol. The molecule has 0 aliphatic rings. The maximum absolute atomic E-state index is 6.38. The molecule has 1 atom stereocenters. The molecule has 0 spiro atoms. The van der Waals surface area contributed by atoms with Crippen molar-refractivity contribution in [1.29, 1.82) is 0 Å². The Bertz CT molecular complexity index is 841. The maximum Gasteiger partial charge on any atom is 0.192 e. The first-order valence-electron chi connectivity index (χ1n) is 8.44. The van der Waals surface area contributed by atoms with Gasteiger partial charge in [-0.2, -0.15) is 0 Å². The van der Waals surface area contributed by atoms with Crippen molar-refractivity contribution in [2.24, 2.45) is 0 Å².